The van der Waals surface area contributed by atoms with Gasteiger partial charge in [-0.15, -0.1) is 0 Å². The molecule has 0 aliphatic heterocycles. The summed E-state index contributed by atoms with van der Waals surface area (Å²) in [6, 6.07) is 12.7. The van der Waals surface area contributed by atoms with Crippen molar-refractivity contribution in [2.45, 2.75) is 18.6 Å². The van der Waals surface area contributed by atoms with Crippen LogP contribution >= 0.6 is 11.6 Å². The summed E-state index contributed by atoms with van der Waals surface area (Å²) in [5.74, 6) is -4.48. The topological polar surface area (TPSA) is 92.4 Å². The van der Waals surface area contributed by atoms with Crippen LogP contribution in [0.3, 0.4) is 0 Å². The maximum atomic E-state index is 13.4. The molecule has 0 aliphatic rings. The van der Waals surface area contributed by atoms with E-state index in [1.54, 1.807) is 30.3 Å². The minimum absolute atomic E-state index is 0.158. The molecule has 10 heteroatoms. The maximum absolute atomic E-state index is 13.4. The van der Waals surface area contributed by atoms with Gasteiger partial charge < -0.3 is 14.8 Å². The molecule has 1 aromatic heterocycles. The fourth-order valence-electron chi connectivity index (χ4n) is 2.77. The fourth-order valence-corrected chi connectivity index (χ4v) is 3.04. The quantitative estimate of drug-likeness (QED) is 0.567. The number of nitrogens with zero attached hydrogens (tertiary/aromatic N) is 1. The highest BCUT2D eigenvalue weighted by Crippen LogP contribution is 2.35. The van der Waals surface area contributed by atoms with E-state index in [0.717, 1.165) is 0 Å². The molecule has 2 aromatic carbocycles. The van der Waals surface area contributed by atoms with E-state index in [2.05, 4.69) is 10.3 Å². The van der Waals surface area contributed by atoms with Crippen LogP contribution in [0.15, 0.2) is 59.0 Å². The summed E-state index contributed by atoms with van der Waals surface area (Å²) in [6.45, 7) is 0. The lowest BCUT2D eigenvalue weighted by Crippen LogP contribution is -2.32. The van der Waals surface area contributed by atoms with Crippen molar-refractivity contribution >= 4 is 23.5 Å². The molecule has 0 fully saturated rings. The van der Waals surface area contributed by atoms with Gasteiger partial charge in [-0.1, -0.05) is 48.0 Å². The van der Waals surface area contributed by atoms with E-state index < -0.39 is 42.0 Å². The molecule has 0 radical (unpaired) electrons. The summed E-state index contributed by atoms with van der Waals surface area (Å²) in [7, 11) is 0. The smallest absolute Gasteiger partial charge is 0.452 e. The first kappa shape index (κ1) is 21.4. The first-order chi connectivity index (χ1) is 14.2. The monoisotopic (exact) mass is 438 g/mol. The average Bonchev–Trinajstić information content (AvgIpc) is 3.14. The SMILES string of the molecule is O=C(O)CC(NC(=O)c1nc(-c2ccccc2)oc1C(F)(F)F)c1ccccc1Cl. The van der Waals surface area contributed by atoms with E-state index in [4.69, 9.17) is 21.1 Å². The number of carbonyl (C=O) groups excluding carboxylic acids is 1. The van der Waals surface area contributed by atoms with Crippen LogP contribution in [0.2, 0.25) is 5.02 Å². The van der Waals surface area contributed by atoms with Crippen LogP contribution in [0.25, 0.3) is 11.5 Å². The molecule has 0 aliphatic carbocycles. The molecule has 1 heterocycles. The number of rotatable bonds is 6. The highest BCUT2D eigenvalue weighted by atomic mass is 35.5. The Morgan fingerprint density at radius 2 is 1.73 bits per heavy atom. The molecule has 0 saturated heterocycles. The molecule has 2 N–H and O–H groups in total. The number of halogens is 4. The molecule has 0 bridgehead atoms. The molecule has 30 heavy (non-hydrogen) atoms. The molecule has 3 aromatic rings. The molecular formula is C20H14ClF3N2O4. The molecule has 1 amide bonds. The van der Waals surface area contributed by atoms with Crippen molar-refractivity contribution in [3.05, 3.63) is 76.6 Å². The van der Waals surface area contributed by atoms with Gasteiger partial charge in [-0.25, -0.2) is 4.98 Å². The van der Waals surface area contributed by atoms with Gasteiger partial charge in [0.25, 0.3) is 5.91 Å². The number of hydrogen-bond donors (Lipinski definition) is 2. The highest BCUT2D eigenvalue weighted by Gasteiger charge is 2.42. The van der Waals surface area contributed by atoms with Crippen molar-refractivity contribution in [2.75, 3.05) is 0 Å². The number of nitrogens with one attached hydrogen (secondary N) is 1. The third-order valence-electron chi connectivity index (χ3n) is 4.09. The second-order valence-electron chi connectivity index (χ2n) is 6.21. The normalized spacial score (nSPS) is 12.4. The van der Waals surface area contributed by atoms with Gasteiger partial charge in [0.15, 0.2) is 5.69 Å². The summed E-state index contributed by atoms with van der Waals surface area (Å²) in [4.78, 5) is 27.6. The lowest BCUT2D eigenvalue weighted by Gasteiger charge is -2.18. The standard InChI is InChI=1S/C20H14ClF3N2O4/c21-13-9-5-4-8-12(13)14(10-15(27)28)25-18(29)16-17(20(22,23)24)30-19(26-16)11-6-2-1-3-7-11/h1-9,14H,10H2,(H,25,29)(H,27,28). The van der Waals surface area contributed by atoms with Gasteiger partial charge in [-0.3, -0.25) is 9.59 Å². The van der Waals surface area contributed by atoms with Crippen LogP contribution < -0.4 is 5.32 Å². The van der Waals surface area contributed by atoms with E-state index >= 15 is 0 Å². The predicted octanol–water partition coefficient (Wildman–Crippen LogP) is 4.96. The second-order valence-corrected chi connectivity index (χ2v) is 6.61. The van der Waals surface area contributed by atoms with E-state index in [1.807, 2.05) is 0 Å². The molecule has 0 spiro atoms. The van der Waals surface area contributed by atoms with Crippen LogP contribution in [0, 0.1) is 0 Å². The molecule has 1 unspecified atom stereocenters. The Balaban J connectivity index is 1.99. The first-order valence-corrected chi connectivity index (χ1v) is 8.95. The van der Waals surface area contributed by atoms with Crippen molar-refractivity contribution in [2.24, 2.45) is 0 Å². The second kappa shape index (κ2) is 8.58. The third kappa shape index (κ3) is 4.80. The van der Waals surface area contributed by atoms with Crippen molar-refractivity contribution < 1.29 is 32.3 Å². The maximum Gasteiger partial charge on any atom is 0.452 e. The Labute approximate surface area is 173 Å². The molecule has 6 nitrogen and oxygen atoms in total. The van der Waals surface area contributed by atoms with Crippen molar-refractivity contribution in [1.82, 2.24) is 10.3 Å². The molecular weight excluding hydrogens is 425 g/mol. The van der Waals surface area contributed by atoms with Gasteiger partial charge in [0.1, 0.15) is 0 Å². The van der Waals surface area contributed by atoms with Gasteiger partial charge in [0, 0.05) is 10.6 Å². The van der Waals surface area contributed by atoms with Crippen LogP contribution in [0.5, 0.6) is 0 Å². The number of oxazole rings is 1. The Bertz CT molecular complexity index is 1070. The lowest BCUT2D eigenvalue weighted by molar-refractivity contribution is -0.153. The van der Waals surface area contributed by atoms with Crippen LogP contribution in [0.1, 0.15) is 34.3 Å². The number of carboxylic acids is 1. The summed E-state index contributed by atoms with van der Waals surface area (Å²) in [5.41, 5.74) is -0.505. The number of aliphatic carboxylic acids is 1. The van der Waals surface area contributed by atoms with E-state index in [0.29, 0.717) is 0 Å². The number of carboxylic acid groups (broad SMARTS) is 1. The zero-order chi connectivity index (χ0) is 21.9. The summed E-state index contributed by atoms with van der Waals surface area (Å²) in [6.07, 6.45) is -5.58. The van der Waals surface area contributed by atoms with Crippen molar-refractivity contribution in [3.8, 4) is 11.5 Å². The van der Waals surface area contributed by atoms with Gasteiger partial charge in [-0.2, -0.15) is 13.2 Å². The average molecular weight is 439 g/mol. The van der Waals surface area contributed by atoms with Crippen LogP contribution in [-0.4, -0.2) is 22.0 Å². The minimum Gasteiger partial charge on any atom is -0.481 e. The van der Waals surface area contributed by atoms with Gasteiger partial charge in [-0.05, 0) is 23.8 Å². The zero-order valence-corrected chi connectivity index (χ0v) is 15.9. The molecule has 3 rings (SSSR count). The largest absolute Gasteiger partial charge is 0.481 e. The number of aromatic nitrogens is 1. The molecule has 1 atom stereocenters. The summed E-state index contributed by atoms with van der Waals surface area (Å²) >= 11 is 6.06. The number of alkyl halides is 3. The molecule has 0 saturated carbocycles. The van der Waals surface area contributed by atoms with Gasteiger partial charge in [0.05, 0.1) is 12.5 Å². The Hall–Kier alpha value is -3.33. The Morgan fingerprint density at radius 3 is 2.33 bits per heavy atom. The van der Waals surface area contributed by atoms with Gasteiger partial charge in [0.2, 0.25) is 11.7 Å². The first-order valence-electron chi connectivity index (χ1n) is 8.57. The Kier molecular flexibility index (Phi) is 6.12. The lowest BCUT2D eigenvalue weighted by atomic mass is 10.0. The van der Waals surface area contributed by atoms with Crippen molar-refractivity contribution in [1.29, 1.82) is 0 Å². The van der Waals surface area contributed by atoms with E-state index in [9.17, 15) is 22.8 Å². The number of benzene rings is 2. The molecule has 156 valence electrons. The highest BCUT2D eigenvalue weighted by molar-refractivity contribution is 6.31. The van der Waals surface area contributed by atoms with Crippen LogP contribution in [0.4, 0.5) is 13.2 Å². The zero-order valence-electron chi connectivity index (χ0n) is 15.1. The number of hydrogen-bond acceptors (Lipinski definition) is 4. The van der Waals surface area contributed by atoms with Gasteiger partial charge >= 0.3 is 12.1 Å². The summed E-state index contributed by atoms with van der Waals surface area (Å²) < 4.78 is 45.2. The number of carbonyl (C=O) groups is 2. The van der Waals surface area contributed by atoms with E-state index in [1.165, 1.54) is 24.3 Å². The third-order valence-corrected chi connectivity index (χ3v) is 4.43. The van der Waals surface area contributed by atoms with E-state index in [-0.39, 0.29) is 22.0 Å². The minimum atomic E-state index is -4.99. The number of amides is 1. The fraction of sp³-hybridized carbons (Fsp3) is 0.150. The van der Waals surface area contributed by atoms with Crippen molar-refractivity contribution in [3.63, 3.8) is 0 Å². The Morgan fingerprint density at radius 1 is 1.10 bits per heavy atom. The predicted molar refractivity (Wildman–Crippen MR) is 101 cm³/mol. The summed E-state index contributed by atoms with van der Waals surface area (Å²) in [5, 5.41) is 11.6. The van der Waals surface area contributed by atoms with Crippen LogP contribution in [-0.2, 0) is 11.0 Å².